The summed E-state index contributed by atoms with van der Waals surface area (Å²) in [4.78, 5) is 23.7. The first-order valence-electron chi connectivity index (χ1n) is 8.24. The molecule has 0 heterocycles. The van der Waals surface area contributed by atoms with Gasteiger partial charge >= 0.3 is 12.1 Å². The van der Waals surface area contributed by atoms with E-state index < -0.39 is 12.1 Å². The van der Waals surface area contributed by atoms with E-state index in [1.165, 1.54) is 0 Å². The first kappa shape index (κ1) is 21.1. The molecule has 130 valence electrons. The van der Waals surface area contributed by atoms with Gasteiger partial charge in [0.1, 0.15) is 6.04 Å². The van der Waals surface area contributed by atoms with Crippen molar-refractivity contribution in [2.45, 2.75) is 64.8 Å². The van der Waals surface area contributed by atoms with Crippen molar-refractivity contribution < 1.29 is 19.1 Å². The van der Waals surface area contributed by atoms with E-state index in [1.807, 2.05) is 13.2 Å². The van der Waals surface area contributed by atoms with Gasteiger partial charge in [0.15, 0.2) is 0 Å². The fourth-order valence-corrected chi connectivity index (χ4v) is 2.25. The third-order valence-corrected chi connectivity index (χ3v) is 3.80. The van der Waals surface area contributed by atoms with Crippen LogP contribution in [0.15, 0.2) is 0 Å². The fraction of sp³-hybridized carbons (Fsp3) is 0.875. The van der Waals surface area contributed by atoms with Crippen LogP contribution in [0.4, 0.5) is 4.79 Å². The molecule has 0 aliphatic carbocycles. The number of amides is 1. The molecule has 0 bridgehead atoms. The Morgan fingerprint density at radius 3 is 2.32 bits per heavy atom. The van der Waals surface area contributed by atoms with Gasteiger partial charge < -0.3 is 14.8 Å². The zero-order valence-corrected chi connectivity index (χ0v) is 15.0. The molecule has 0 saturated carbocycles. The zero-order chi connectivity index (χ0) is 16.6. The molecule has 22 heavy (non-hydrogen) atoms. The molecule has 0 aromatic rings. The van der Waals surface area contributed by atoms with Crippen molar-refractivity contribution >= 4 is 23.8 Å². The zero-order valence-electron chi connectivity index (χ0n) is 14.2. The molecule has 1 unspecified atom stereocenters. The summed E-state index contributed by atoms with van der Waals surface area (Å²) in [6.45, 7) is 4.96. The van der Waals surface area contributed by atoms with Crippen LogP contribution in [0.5, 0.6) is 0 Å². The Kier molecular flexibility index (Phi) is 14.4. The monoisotopic (exact) mass is 333 g/mol. The normalized spacial score (nSPS) is 11.8. The Balaban J connectivity index is 4.12. The summed E-state index contributed by atoms with van der Waals surface area (Å²) >= 11 is 1.63. The predicted molar refractivity (Wildman–Crippen MR) is 91.3 cm³/mol. The number of carbonyl (C=O) groups excluding carboxylic acids is 2. The van der Waals surface area contributed by atoms with E-state index in [0.717, 1.165) is 44.3 Å². The molecule has 6 heteroatoms. The van der Waals surface area contributed by atoms with Crippen LogP contribution in [0.3, 0.4) is 0 Å². The summed E-state index contributed by atoms with van der Waals surface area (Å²) in [5.41, 5.74) is 0. The number of hydrogen-bond donors (Lipinski definition) is 1. The van der Waals surface area contributed by atoms with Gasteiger partial charge in [-0.3, -0.25) is 0 Å². The fourth-order valence-electron chi connectivity index (χ4n) is 1.78. The van der Waals surface area contributed by atoms with Crippen LogP contribution in [0.25, 0.3) is 0 Å². The summed E-state index contributed by atoms with van der Waals surface area (Å²) in [7, 11) is 0. The highest BCUT2D eigenvalue weighted by Crippen LogP contribution is 2.05. The summed E-state index contributed by atoms with van der Waals surface area (Å²) < 4.78 is 10.3. The summed E-state index contributed by atoms with van der Waals surface area (Å²) in [5, 5.41) is 2.61. The molecule has 0 aromatic carbocycles. The van der Waals surface area contributed by atoms with E-state index in [0.29, 0.717) is 19.6 Å². The number of esters is 1. The Morgan fingerprint density at radius 2 is 1.68 bits per heavy atom. The SMILES string of the molecule is CCCCCCOC(=O)C(CCSC)NC(=O)OCCCC. The molecule has 5 nitrogen and oxygen atoms in total. The van der Waals surface area contributed by atoms with Crippen LogP contribution >= 0.6 is 11.8 Å². The smallest absolute Gasteiger partial charge is 0.407 e. The van der Waals surface area contributed by atoms with Crippen molar-refractivity contribution in [1.29, 1.82) is 0 Å². The van der Waals surface area contributed by atoms with E-state index in [1.54, 1.807) is 11.8 Å². The molecule has 0 saturated heterocycles. The van der Waals surface area contributed by atoms with Gasteiger partial charge in [-0.1, -0.05) is 39.5 Å². The molecule has 0 spiro atoms. The average Bonchev–Trinajstić information content (AvgIpc) is 2.51. The van der Waals surface area contributed by atoms with E-state index in [4.69, 9.17) is 9.47 Å². The van der Waals surface area contributed by atoms with Gasteiger partial charge in [0.25, 0.3) is 0 Å². The summed E-state index contributed by atoms with van der Waals surface area (Å²) in [6, 6.07) is -0.618. The van der Waals surface area contributed by atoms with Gasteiger partial charge in [-0.25, -0.2) is 9.59 Å². The lowest BCUT2D eigenvalue weighted by Crippen LogP contribution is -2.42. The molecule has 1 atom stereocenters. The van der Waals surface area contributed by atoms with E-state index in [9.17, 15) is 9.59 Å². The lowest BCUT2D eigenvalue weighted by molar-refractivity contribution is -0.146. The number of nitrogens with one attached hydrogen (secondary N) is 1. The second kappa shape index (κ2) is 15.0. The number of alkyl carbamates (subject to hydrolysis) is 1. The second-order valence-electron chi connectivity index (χ2n) is 5.20. The van der Waals surface area contributed by atoms with E-state index in [2.05, 4.69) is 12.2 Å². The molecule has 1 N–H and O–H groups in total. The van der Waals surface area contributed by atoms with Crippen molar-refractivity contribution in [3.8, 4) is 0 Å². The number of hydrogen-bond acceptors (Lipinski definition) is 5. The van der Waals surface area contributed by atoms with E-state index in [-0.39, 0.29) is 5.97 Å². The van der Waals surface area contributed by atoms with Crippen molar-refractivity contribution in [2.75, 3.05) is 25.2 Å². The number of unbranched alkanes of at least 4 members (excludes halogenated alkanes) is 4. The highest BCUT2D eigenvalue weighted by molar-refractivity contribution is 7.98. The number of ether oxygens (including phenoxy) is 2. The van der Waals surface area contributed by atoms with Crippen molar-refractivity contribution in [2.24, 2.45) is 0 Å². The van der Waals surface area contributed by atoms with Crippen LogP contribution in [-0.2, 0) is 14.3 Å². The van der Waals surface area contributed by atoms with Crippen molar-refractivity contribution in [3.63, 3.8) is 0 Å². The molecular weight excluding hydrogens is 302 g/mol. The minimum atomic E-state index is -0.618. The lowest BCUT2D eigenvalue weighted by atomic mass is 10.2. The maximum atomic E-state index is 12.0. The molecule has 1 amide bonds. The van der Waals surface area contributed by atoms with E-state index >= 15 is 0 Å². The highest BCUT2D eigenvalue weighted by Gasteiger charge is 2.22. The molecule has 0 aromatic heterocycles. The maximum Gasteiger partial charge on any atom is 0.407 e. The lowest BCUT2D eigenvalue weighted by Gasteiger charge is -2.17. The number of carbonyl (C=O) groups is 2. The first-order chi connectivity index (χ1) is 10.7. The molecule has 0 fully saturated rings. The standard InChI is InChI=1S/C16H31NO4S/c1-4-6-8-9-12-20-15(18)14(10-13-22-3)17-16(19)21-11-7-5-2/h14H,4-13H2,1-3H3,(H,17,19). The number of thioether (sulfide) groups is 1. The number of rotatable bonds is 13. The van der Waals surface area contributed by atoms with Gasteiger partial charge in [-0.05, 0) is 31.3 Å². The van der Waals surface area contributed by atoms with Gasteiger partial charge in [0, 0.05) is 0 Å². The molecule has 0 radical (unpaired) electrons. The minimum absolute atomic E-state index is 0.363. The van der Waals surface area contributed by atoms with Crippen LogP contribution < -0.4 is 5.32 Å². The van der Waals surface area contributed by atoms with Gasteiger partial charge in [-0.15, -0.1) is 0 Å². The highest BCUT2D eigenvalue weighted by atomic mass is 32.2. The minimum Gasteiger partial charge on any atom is -0.464 e. The maximum absolute atomic E-state index is 12.0. The Hall–Kier alpha value is -0.910. The van der Waals surface area contributed by atoms with Crippen molar-refractivity contribution in [3.05, 3.63) is 0 Å². The van der Waals surface area contributed by atoms with Gasteiger partial charge in [0.05, 0.1) is 13.2 Å². The molecule has 0 aliphatic rings. The Bertz CT molecular complexity index is 300. The van der Waals surface area contributed by atoms with Crippen molar-refractivity contribution in [1.82, 2.24) is 5.32 Å². The summed E-state index contributed by atoms with van der Waals surface area (Å²) in [5.74, 6) is 0.420. The van der Waals surface area contributed by atoms with Crippen LogP contribution in [-0.4, -0.2) is 43.3 Å². The van der Waals surface area contributed by atoms with Gasteiger partial charge in [0.2, 0.25) is 0 Å². The van der Waals surface area contributed by atoms with Crippen LogP contribution in [0, 0.1) is 0 Å². The first-order valence-corrected chi connectivity index (χ1v) is 9.63. The third kappa shape index (κ3) is 11.7. The second-order valence-corrected chi connectivity index (χ2v) is 6.18. The quantitative estimate of drug-likeness (QED) is 0.411. The molecule has 0 aliphatic heterocycles. The molecular formula is C16H31NO4S. The predicted octanol–water partition coefficient (Wildman–Crippen LogP) is 3.76. The largest absolute Gasteiger partial charge is 0.464 e. The summed E-state index contributed by atoms with van der Waals surface area (Å²) in [6.07, 6.45) is 7.99. The Morgan fingerprint density at radius 1 is 1.00 bits per heavy atom. The average molecular weight is 333 g/mol. The topological polar surface area (TPSA) is 64.6 Å². The molecule has 0 rings (SSSR count). The van der Waals surface area contributed by atoms with Crippen LogP contribution in [0.2, 0.25) is 0 Å². The Labute approximate surface area is 138 Å². The van der Waals surface area contributed by atoms with Gasteiger partial charge in [-0.2, -0.15) is 11.8 Å². The van der Waals surface area contributed by atoms with Crippen LogP contribution in [0.1, 0.15) is 58.8 Å². The third-order valence-electron chi connectivity index (χ3n) is 3.16.